The van der Waals surface area contributed by atoms with Crippen molar-refractivity contribution in [3.63, 3.8) is 0 Å². The van der Waals surface area contributed by atoms with E-state index < -0.39 is 17.5 Å². The van der Waals surface area contributed by atoms with E-state index in [4.69, 9.17) is 16.3 Å². The number of nitrogens with zero attached hydrogens (tertiary/aromatic N) is 1. The average molecular weight is 501 g/mol. The maximum absolute atomic E-state index is 13.2. The number of benzene rings is 1. The van der Waals surface area contributed by atoms with Crippen molar-refractivity contribution >= 4 is 47.6 Å². The van der Waals surface area contributed by atoms with Gasteiger partial charge in [0, 0.05) is 19.6 Å². The average Bonchev–Trinajstić information content (AvgIpc) is 2.50. The fourth-order valence-electron chi connectivity index (χ4n) is 1.81. The molecule has 3 N–H and O–H groups in total. The first-order chi connectivity index (χ1) is 11.7. The Bertz CT molecular complexity index is 609. The lowest BCUT2D eigenvalue weighted by atomic mass is 10.2. The molecule has 0 heterocycles. The van der Waals surface area contributed by atoms with Gasteiger partial charge in [0.25, 0.3) is 0 Å². The van der Waals surface area contributed by atoms with Gasteiger partial charge in [-0.1, -0.05) is 17.7 Å². The van der Waals surface area contributed by atoms with Crippen LogP contribution in [0.3, 0.4) is 0 Å². The number of ether oxygens (including phenoxy) is 1. The fourth-order valence-corrected chi connectivity index (χ4v) is 2.01. The van der Waals surface area contributed by atoms with Crippen molar-refractivity contribution in [2.45, 2.75) is 39.8 Å². The topological polar surface area (TPSA) is 74.8 Å². The Kier molecular flexibility index (Phi) is 11.6. The number of rotatable bonds is 6. The number of hydrogen-bond acceptors (Lipinski definition) is 3. The number of guanidine groups is 1. The van der Waals surface area contributed by atoms with Crippen molar-refractivity contribution in [1.82, 2.24) is 16.0 Å². The Balaban J connectivity index is 0.00000625. The molecule has 6 nitrogen and oxygen atoms in total. The normalized spacial score (nSPS) is 11.4. The summed E-state index contributed by atoms with van der Waals surface area (Å²) in [6.07, 6.45) is -0.461. The maximum atomic E-state index is 13.2. The Morgan fingerprint density at radius 2 is 1.88 bits per heavy atom. The van der Waals surface area contributed by atoms with E-state index in [0.717, 1.165) is 5.56 Å². The number of amides is 1. The molecular weight excluding hydrogens is 474 g/mol. The highest BCUT2D eigenvalue weighted by atomic mass is 127. The van der Waals surface area contributed by atoms with Gasteiger partial charge in [0.15, 0.2) is 5.96 Å². The largest absolute Gasteiger partial charge is 0.444 e. The molecule has 0 unspecified atom stereocenters. The molecule has 26 heavy (non-hydrogen) atoms. The van der Waals surface area contributed by atoms with E-state index in [-0.39, 0.29) is 29.0 Å². The van der Waals surface area contributed by atoms with Gasteiger partial charge in [-0.3, -0.25) is 0 Å². The van der Waals surface area contributed by atoms with E-state index in [1.807, 2.05) is 27.7 Å². The van der Waals surface area contributed by atoms with Gasteiger partial charge in [-0.05, 0) is 45.4 Å². The summed E-state index contributed by atoms with van der Waals surface area (Å²) in [7, 11) is 0. The summed E-state index contributed by atoms with van der Waals surface area (Å²) in [5.74, 6) is 0.140. The Hall–Kier alpha value is -1.29. The van der Waals surface area contributed by atoms with Crippen molar-refractivity contribution in [3.8, 4) is 0 Å². The quantitative estimate of drug-likeness (QED) is 0.241. The lowest BCUT2D eigenvalue weighted by molar-refractivity contribution is 0.0529. The van der Waals surface area contributed by atoms with Gasteiger partial charge in [0.2, 0.25) is 0 Å². The molecule has 0 bridgehead atoms. The summed E-state index contributed by atoms with van der Waals surface area (Å²) < 4.78 is 18.3. The van der Waals surface area contributed by atoms with Crippen LogP contribution in [0.15, 0.2) is 23.2 Å². The molecule has 1 amide bonds. The van der Waals surface area contributed by atoms with Gasteiger partial charge in [0.1, 0.15) is 11.4 Å². The van der Waals surface area contributed by atoms with Crippen molar-refractivity contribution in [2.75, 3.05) is 19.6 Å². The molecule has 1 aromatic carbocycles. The lowest BCUT2D eigenvalue weighted by Gasteiger charge is -2.19. The summed E-state index contributed by atoms with van der Waals surface area (Å²) in [6.45, 7) is 9.29. The number of carbonyl (C=O) groups excluding carboxylic acids is 1. The number of nitrogens with one attached hydrogen (secondary N) is 3. The molecule has 0 aromatic heterocycles. The highest BCUT2D eigenvalue weighted by Gasteiger charge is 2.15. The molecule has 0 aliphatic heterocycles. The number of alkyl carbamates (subject to hydrolysis) is 1. The van der Waals surface area contributed by atoms with Gasteiger partial charge in [-0.2, -0.15) is 0 Å². The standard InChI is InChI=1S/C17H26ClFN4O2.HI/c1-5-20-15(21-8-9-22-16(24)25-17(2,3)4)23-11-12-6-7-14(19)13(18)10-12;/h6-7,10H,5,8-9,11H2,1-4H3,(H,22,24)(H2,20,21,23);1H. The maximum Gasteiger partial charge on any atom is 0.407 e. The molecule has 0 saturated carbocycles. The summed E-state index contributed by atoms with van der Waals surface area (Å²) >= 11 is 5.76. The zero-order valence-corrected chi connectivity index (χ0v) is 18.6. The predicted molar refractivity (Wildman–Crippen MR) is 114 cm³/mol. The fraction of sp³-hybridized carbons (Fsp3) is 0.529. The smallest absolute Gasteiger partial charge is 0.407 e. The highest BCUT2D eigenvalue weighted by Crippen LogP contribution is 2.16. The first-order valence-electron chi connectivity index (χ1n) is 8.14. The van der Waals surface area contributed by atoms with Gasteiger partial charge in [0.05, 0.1) is 11.6 Å². The van der Waals surface area contributed by atoms with Crippen LogP contribution in [0, 0.1) is 5.82 Å². The number of hydrogen-bond donors (Lipinski definition) is 3. The molecule has 1 rings (SSSR count). The van der Waals surface area contributed by atoms with E-state index in [0.29, 0.717) is 32.1 Å². The first kappa shape index (κ1) is 24.7. The molecule has 0 atom stereocenters. The molecular formula is C17H27ClFIN4O2. The van der Waals surface area contributed by atoms with Crippen LogP contribution in [0.5, 0.6) is 0 Å². The SMILES string of the molecule is CCNC(=NCc1ccc(F)c(Cl)c1)NCCNC(=O)OC(C)(C)C.I. The van der Waals surface area contributed by atoms with Crippen LogP contribution in [0.1, 0.15) is 33.3 Å². The highest BCUT2D eigenvalue weighted by molar-refractivity contribution is 14.0. The minimum absolute atomic E-state index is 0. The molecule has 0 radical (unpaired) electrons. The molecule has 9 heteroatoms. The van der Waals surface area contributed by atoms with E-state index in [9.17, 15) is 9.18 Å². The summed E-state index contributed by atoms with van der Waals surface area (Å²) in [4.78, 5) is 15.9. The van der Waals surface area contributed by atoms with Gasteiger partial charge < -0.3 is 20.7 Å². The van der Waals surface area contributed by atoms with Gasteiger partial charge >= 0.3 is 6.09 Å². The second-order valence-electron chi connectivity index (χ2n) is 6.30. The van der Waals surface area contributed by atoms with E-state index in [1.165, 1.54) is 6.07 Å². The number of carbonyl (C=O) groups is 1. The Morgan fingerprint density at radius 1 is 1.23 bits per heavy atom. The monoisotopic (exact) mass is 500 g/mol. The Morgan fingerprint density at radius 3 is 2.46 bits per heavy atom. The number of halogens is 3. The van der Waals surface area contributed by atoms with Crippen LogP contribution in [-0.4, -0.2) is 37.3 Å². The van der Waals surface area contributed by atoms with Crippen molar-refractivity contribution in [3.05, 3.63) is 34.6 Å². The van der Waals surface area contributed by atoms with Crippen LogP contribution in [0.4, 0.5) is 9.18 Å². The molecule has 0 fully saturated rings. The first-order valence-corrected chi connectivity index (χ1v) is 8.52. The second kappa shape index (κ2) is 12.2. The minimum Gasteiger partial charge on any atom is -0.444 e. The Labute approximate surface area is 176 Å². The third-order valence-corrected chi connectivity index (χ3v) is 3.12. The van der Waals surface area contributed by atoms with Crippen LogP contribution in [-0.2, 0) is 11.3 Å². The summed E-state index contributed by atoms with van der Waals surface area (Å²) in [6, 6.07) is 4.50. The van der Waals surface area contributed by atoms with E-state index >= 15 is 0 Å². The van der Waals surface area contributed by atoms with Crippen LogP contribution < -0.4 is 16.0 Å². The van der Waals surface area contributed by atoms with Crippen molar-refractivity contribution < 1.29 is 13.9 Å². The predicted octanol–water partition coefficient (Wildman–Crippen LogP) is 3.68. The zero-order valence-electron chi connectivity index (χ0n) is 15.5. The van der Waals surface area contributed by atoms with Gasteiger partial charge in [-0.15, -0.1) is 24.0 Å². The van der Waals surface area contributed by atoms with E-state index in [2.05, 4.69) is 20.9 Å². The van der Waals surface area contributed by atoms with Crippen LogP contribution >= 0.6 is 35.6 Å². The molecule has 0 spiro atoms. The third-order valence-electron chi connectivity index (χ3n) is 2.83. The molecule has 1 aromatic rings. The second-order valence-corrected chi connectivity index (χ2v) is 6.71. The number of aliphatic imine (C=N–C) groups is 1. The van der Waals surface area contributed by atoms with Crippen LogP contribution in [0.25, 0.3) is 0 Å². The molecule has 0 aliphatic carbocycles. The lowest BCUT2D eigenvalue weighted by Crippen LogP contribution is -2.42. The minimum atomic E-state index is -0.523. The van der Waals surface area contributed by atoms with Crippen molar-refractivity contribution in [2.24, 2.45) is 4.99 Å². The summed E-state index contributed by atoms with van der Waals surface area (Å²) in [5, 5.41) is 8.92. The molecule has 0 saturated heterocycles. The zero-order chi connectivity index (χ0) is 18.9. The van der Waals surface area contributed by atoms with Gasteiger partial charge in [-0.25, -0.2) is 14.2 Å². The molecule has 0 aliphatic rings. The van der Waals surface area contributed by atoms with E-state index in [1.54, 1.807) is 12.1 Å². The third kappa shape index (κ3) is 10.6. The van der Waals surface area contributed by atoms with Crippen LogP contribution in [0.2, 0.25) is 5.02 Å². The van der Waals surface area contributed by atoms with Crippen molar-refractivity contribution in [1.29, 1.82) is 0 Å². The summed E-state index contributed by atoms with van der Waals surface area (Å²) in [5.41, 5.74) is 0.278. The molecule has 148 valence electrons.